The van der Waals surface area contributed by atoms with Crippen molar-refractivity contribution >= 4 is 18.0 Å². The summed E-state index contributed by atoms with van der Waals surface area (Å²) >= 11 is 1.25. The van der Waals surface area contributed by atoms with Crippen molar-refractivity contribution in [3.63, 3.8) is 0 Å². The van der Waals surface area contributed by atoms with Crippen molar-refractivity contribution < 1.29 is 22.5 Å². The SMILES string of the molecule is CSc1nocc1-c1c(C=O)c(C)nc(C(F)(F)F)c1C1CC1. The van der Waals surface area contributed by atoms with Gasteiger partial charge in [-0.05, 0) is 37.5 Å². The largest absolute Gasteiger partial charge is 0.433 e. The minimum Gasteiger partial charge on any atom is -0.363 e. The molecule has 0 atom stereocenters. The molecule has 0 radical (unpaired) electrons. The van der Waals surface area contributed by atoms with Crippen molar-refractivity contribution in [3.8, 4) is 11.1 Å². The van der Waals surface area contributed by atoms with Gasteiger partial charge in [-0.1, -0.05) is 5.16 Å². The monoisotopic (exact) mass is 342 g/mol. The van der Waals surface area contributed by atoms with E-state index in [1.165, 1.54) is 24.9 Å². The molecule has 8 heteroatoms. The van der Waals surface area contributed by atoms with Gasteiger partial charge >= 0.3 is 6.18 Å². The Morgan fingerprint density at radius 1 is 1.39 bits per heavy atom. The molecule has 0 aliphatic heterocycles. The number of thioether (sulfide) groups is 1. The minimum atomic E-state index is -4.57. The molecule has 0 N–H and O–H groups in total. The number of pyridine rings is 1. The molecule has 0 bridgehead atoms. The van der Waals surface area contributed by atoms with Gasteiger partial charge in [0.15, 0.2) is 6.29 Å². The van der Waals surface area contributed by atoms with E-state index in [4.69, 9.17) is 4.52 Å². The van der Waals surface area contributed by atoms with Crippen LogP contribution in [-0.2, 0) is 6.18 Å². The smallest absolute Gasteiger partial charge is 0.363 e. The molecule has 2 heterocycles. The highest BCUT2D eigenvalue weighted by Crippen LogP contribution is 2.51. The molecule has 0 aromatic carbocycles. The van der Waals surface area contributed by atoms with Crippen LogP contribution < -0.4 is 0 Å². The third kappa shape index (κ3) is 2.75. The molecule has 1 aliphatic carbocycles. The van der Waals surface area contributed by atoms with Crippen LogP contribution in [0.3, 0.4) is 0 Å². The van der Waals surface area contributed by atoms with Gasteiger partial charge < -0.3 is 4.52 Å². The van der Waals surface area contributed by atoms with Crippen molar-refractivity contribution in [2.24, 2.45) is 0 Å². The van der Waals surface area contributed by atoms with Crippen molar-refractivity contribution in [1.29, 1.82) is 0 Å². The van der Waals surface area contributed by atoms with Crippen LogP contribution in [0.1, 0.15) is 46.1 Å². The first-order chi connectivity index (χ1) is 10.9. The molecule has 1 aliphatic rings. The Hall–Kier alpha value is -1.83. The molecule has 0 spiro atoms. The van der Waals surface area contributed by atoms with Gasteiger partial charge in [0, 0.05) is 16.8 Å². The number of hydrogen-bond acceptors (Lipinski definition) is 5. The predicted molar refractivity (Wildman–Crippen MR) is 78.6 cm³/mol. The fourth-order valence-electron chi connectivity index (χ4n) is 2.69. The zero-order valence-corrected chi connectivity index (χ0v) is 13.2. The van der Waals surface area contributed by atoms with Crippen LogP contribution in [0.25, 0.3) is 11.1 Å². The number of carbonyl (C=O) groups is 1. The Kier molecular flexibility index (Phi) is 3.95. The van der Waals surface area contributed by atoms with Gasteiger partial charge in [0.2, 0.25) is 0 Å². The Bertz CT molecular complexity index is 767. The molecule has 122 valence electrons. The average molecular weight is 342 g/mol. The number of carbonyl (C=O) groups excluding carboxylic acids is 1. The maximum absolute atomic E-state index is 13.5. The lowest BCUT2D eigenvalue weighted by molar-refractivity contribution is -0.141. The molecule has 1 fully saturated rings. The van der Waals surface area contributed by atoms with E-state index in [1.807, 2.05) is 0 Å². The predicted octanol–water partition coefficient (Wildman–Crippen LogP) is 4.48. The molecule has 1 saturated carbocycles. The van der Waals surface area contributed by atoms with E-state index >= 15 is 0 Å². The molecular weight excluding hydrogens is 329 g/mol. The maximum atomic E-state index is 13.5. The van der Waals surface area contributed by atoms with Crippen LogP contribution in [0.15, 0.2) is 15.8 Å². The van der Waals surface area contributed by atoms with Crippen LogP contribution in [0.4, 0.5) is 13.2 Å². The summed E-state index contributed by atoms with van der Waals surface area (Å²) in [6.45, 7) is 1.41. The topological polar surface area (TPSA) is 56.0 Å². The molecule has 2 aromatic heterocycles. The van der Waals surface area contributed by atoms with Gasteiger partial charge in [0.25, 0.3) is 0 Å². The quantitative estimate of drug-likeness (QED) is 0.606. The summed E-state index contributed by atoms with van der Waals surface area (Å²) in [7, 11) is 0. The number of nitrogens with zero attached hydrogens (tertiary/aromatic N) is 2. The first-order valence-electron chi connectivity index (χ1n) is 6.94. The van der Waals surface area contributed by atoms with Crippen molar-refractivity contribution in [3.05, 3.63) is 28.8 Å². The van der Waals surface area contributed by atoms with Gasteiger partial charge in [-0.2, -0.15) is 13.2 Å². The second-order valence-electron chi connectivity index (χ2n) is 5.38. The summed E-state index contributed by atoms with van der Waals surface area (Å²) in [6.07, 6.45) is 0.325. The number of aldehydes is 1. The Labute approximate surface area is 134 Å². The van der Waals surface area contributed by atoms with E-state index in [2.05, 4.69) is 10.1 Å². The molecule has 3 rings (SSSR count). The number of rotatable bonds is 4. The van der Waals surface area contributed by atoms with Crippen molar-refractivity contribution in [1.82, 2.24) is 10.1 Å². The average Bonchev–Trinajstić information content (AvgIpc) is 3.22. The van der Waals surface area contributed by atoms with Crippen LogP contribution in [-0.4, -0.2) is 22.7 Å². The van der Waals surface area contributed by atoms with Gasteiger partial charge in [0.05, 0.1) is 5.56 Å². The summed E-state index contributed by atoms with van der Waals surface area (Å²) in [6, 6.07) is 0. The number of aryl methyl sites for hydroxylation is 1. The van der Waals surface area contributed by atoms with E-state index in [0.29, 0.717) is 29.7 Å². The Morgan fingerprint density at radius 2 is 2.09 bits per heavy atom. The summed E-state index contributed by atoms with van der Waals surface area (Å²) in [5.41, 5.74) is 0.0684. The Morgan fingerprint density at radius 3 is 2.61 bits per heavy atom. The third-order valence-corrected chi connectivity index (χ3v) is 4.52. The molecule has 0 saturated heterocycles. The maximum Gasteiger partial charge on any atom is 0.433 e. The number of hydrogen-bond donors (Lipinski definition) is 0. The molecule has 0 unspecified atom stereocenters. The first-order valence-corrected chi connectivity index (χ1v) is 8.16. The second kappa shape index (κ2) is 5.67. The minimum absolute atomic E-state index is 0.0555. The van der Waals surface area contributed by atoms with Crippen LogP contribution in [0.2, 0.25) is 0 Å². The number of aromatic nitrogens is 2. The van der Waals surface area contributed by atoms with E-state index in [9.17, 15) is 18.0 Å². The molecule has 0 amide bonds. The van der Waals surface area contributed by atoms with Gasteiger partial charge in [-0.15, -0.1) is 11.8 Å². The van der Waals surface area contributed by atoms with Crippen molar-refractivity contribution in [2.75, 3.05) is 6.26 Å². The normalized spacial score (nSPS) is 15.0. The van der Waals surface area contributed by atoms with E-state index in [-0.39, 0.29) is 28.3 Å². The molecular formula is C15H13F3N2O2S. The second-order valence-corrected chi connectivity index (χ2v) is 6.17. The number of halogens is 3. The highest BCUT2D eigenvalue weighted by atomic mass is 32.2. The Balaban J connectivity index is 2.40. The lowest BCUT2D eigenvalue weighted by Crippen LogP contribution is -2.16. The van der Waals surface area contributed by atoms with Crippen LogP contribution >= 0.6 is 11.8 Å². The lowest BCUT2D eigenvalue weighted by atomic mass is 9.92. The van der Waals surface area contributed by atoms with Gasteiger partial charge in [0.1, 0.15) is 17.0 Å². The molecule has 2 aromatic rings. The number of alkyl halides is 3. The third-order valence-electron chi connectivity index (χ3n) is 3.83. The van der Waals surface area contributed by atoms with Crippen LogP contribution in [0.5, 0.6) is 0 Å². The fraction of sp³-hybridized carbons (Fsp3) is 0.400. The summed E-state index contributed by atoms with van der Waals surface area (Å²) in [5.74, 6) is -0.238. The highest BCUT2D eigenvalue weighted by molar-refractivity contribution is 7.98. The van der Waals surface area contributed by atoms with Gasteiger partial charge in [-0.3, -0.25) is 4.79 Å². The van der Waals surface area contributed by atoms with Crippen LogP contribution in [0, 0.1) is 6.92 Å². The first kappa shape index (κ1) is 16.0. The highest BCUT2D eigenvalue weighted by Gasteiger charge is 2.43. The lowest BCUT2D eigenvalue weighted by Gasteiger charge is -2.19. The zero-order valence-electron chi connectivity index (χ0n) is 12.4. The van der Waals surface area contributed by atoms with Crippen molar-refractivity contribution in [2.45, 2.75) is 36.9 Å². The summed E-state index contributed by atoms with van der Waals surface area (Å²) < 4.78 is 45.3. The standard InChI is InChI=1S/C15H13F3N2O2S/c1-7-9(5-21)12(10-6-22-20-14(10)23-2)11(8-3-4-8)13(19-7)15(16,17)18/h5-6,8H,3-4H2,1-2H3. The van der Waals surface area contributed by atoms with E-state index in [1.54, 1.807) is 6.26 Å². The summed E-state index contributed by atoms with van der Waals surface area (Å²) in [5, 5.41) is 4.25. The zero-order chi connectivity index (χ0) is 16.8. The van der Waals surface area contributed by atoms with E-state index in [0.717, 1.165) is 0 Å². The van der Waals surface area contributed by atoms with Gasteiger partial charge in [-0.25, -0.2) is 4.98 Å². The molecule has 4 nitrogen and oxygen atoms in total. The van der Waals surface area contributed by atoms with E-state index < -0.39 is 11.9 Å². The molecule has 23 heavy (non-hydrogen) atoms. The summed E-state index contributed by atoms with van der Waals surface area (Å²) in [4.78, 5) is 15.2. The fourth-order valence-corrected chi connectivity index (χ4v) is 3.18.